The molecule has 2 aliphatic carbocycles. The fraction of sp³-hybridized carbons (Fsp3) is 0.542. The van der Waals surface area contributed by atoms with Gasteiger partial charge in [-0.1, -0.05) is 24.3 Å². The number of hydrogen-bond acceptors (Lipinski definition) is 3. The lowest BCUT2D eigenvalue weighted by Crippen LogP contribution is -2.48. The molecule has 30 heavy (non-hydrogen) atoms. The molecular weight excluding hydrogens is 503 g/mol. The Morgan fingerprint density at radius 3 is 2.73 bits per heavy atom. The molecule has 0 radical (unpaired) electrons. The summed E-state index contributed by atoms with van der Waals surface area (Å²) in [4.78, 5) is 7.53. The van der Waals surface area contributed by atoms with Crippen molar-refractivity contribution in [2.45, 2.75) is 44.6 Å². The number of rotatable bonds is 5. The molecule has 3 aliphatic rings. The molecule has 1 aromatic heterocycles. The molecule has 0 spiro atoms. The van der Waals surface area contributed by atoms with Crippen LogP contribution in [0.25, 0.3) is 0 Å². The predicted molar refractivity (Wildman–Crippen MR) is 139 cm³/mol. The van der Waals surface area contributed by atoms with Crippen LogP contribution in [-0.2, 0) is 6.42 Å². The molecule has 3 unspecified atom stereocenters. The van der Waals surface area contributed by atoms with Crippen LogP contribution in [0.15, 0.2) is 46.8 Å². The number of nitrogens with zero attached hydrogens (tertiary/aromatic N) is 2. The van der Waals surface area contributed by atoms with E-state index in [1.165, 1.54) is 30.7 Å². The molecule has 162 valence electrons. The van der Waals surface area contributed by atoms with E-state index < -0.39 is 0 Å². The van der Waals surface area contributed by atoms with E-state index in [0.29, 0.717) is 6.04 Å². The van der Waals surface area contributed by atoms with Gasteiger partial charge in [-0.3, -0.25) is 4.99 Å². The molecule has 1 aliphatic heterocycles. The number of aryl methyl sites for hydroxylation is 1. The van der Waals surface area contributed by atoms with Gasteiger partial charge in [-0.15, -0.1) is 35.3 Å². The number of piperidine rings is 1. The van der Waals surface area contributed by atoms with Crippen molar-refractivity contribution in [3.05, 3.63) is 52.9 Å². The molecule has 5 rings (SSSR count). The molecule has 2 heterocycles. The average Bonchev–Trinajstić information content (AvgIpc) is 3.19. The highest BCUT2D eigenvalue weighted by molar-refractivity contribution is 14.0. The van der Waals surface area contributed by atoms with Gasteiger partial charge < -0.3 is 15.5 Å². The minimum absolute atomic E-state index is 0. The summed E-state index contributed by atoms with van der Waals surface area (Å²) in [6.07, 6.45) is 4.93. The highest BCUT2D eigenvalue weighted by atomic mass is 127. The third-order valence-corrected chi connectivity index (χ3v) is 7.88. The van der Waals surface area contributed by atoms with Crippen molar-refractivity contribution in [3.8, 4) is 0 Å². The molecular formula is C24H33IN4S. The van der Waals surface area contributed by atoms with Crippen LogP contribution in [0.5, 0.6) is 0 Å². The SMILES string of the molecule is CCNC(=NCC1C2CCc3ccccc3C21)NC1CCN(c2cccs2)CC1.I. The topological polar surface area (TPSA) is 39.7 Å². The number of hydrogen-bond donors (Lipinski definition) is 2. The monoisotopic (exact) mass is 536 g/mol. The van der Waals surface area contributed by atoms with Gasteiger partial charge in [-0.2, -0.15) is 0 Å². The van der Waals surface area contributed by atoms with E-state index in [1.54, 1.807) is 11.1 Å². The minimum Gasteiger partial charge on any atom is -0.363 e. The van der Waals surface area contributed by atoms with Crippen LogP contribution in [0, 0.1) is 11.8 Å². The highest BCUT2D eigenvalue weighted by Crippen LogP contribution is 2.59. The van der Waals surface area contributed by atoms with E-state index in [4.69, 9.17) is 4.99 Å². The van der Waals surface area contributed by atoms with Gasteiger partial charge in [0.25, 0.3) is 0 Å². The van der Waals surface area contributed by atoms with Crippen LogP contribution < -0.4 is 15.5 Å². The molecule has 0 bridgehead atoms. The lowest BCUT2D eigenvalue weighted by molar-refractivity contribution is 0.462. The van der Waals surface area contributed by atoms with E-state index in [0.717, 1.165) is 49.9 Å². The van der Waals surface area contributed by atoms with Crippen LogP contribution in [0.1, 0.15) is 43.2 Å². The zero-order chi connectivity index (χ0) is 19.6. The summed E-state index contributed by atoms with van der Waals surface area (Å²) in [6.45, 7) is 6.28. The number of halogens is 1. The number of guanidine groups is 1. The Morgan fingerprint density at radius 2 is 1.97 bits per heavy atom. The van der Waals surface area contributed by atoms with Gasteiger partial charge in [0.15, 0.2) is 5.96 Å². The number of benzene rings is 1. The Hall–Kier alpha value is -1.28. The fourth-order valence-electron chi connectivity index (χ4n) is 5.36. The zero-order valence-electron chi connectivity index (χ0n) is 17.7. The van der Waals surface area contributed by atoms with Crippen LogP contribution in [0.2, 0.25) is 0 Å². The van der Waals surface area contributed by atoms with Crippen LogP contribution in [-0.4, -0.2) is 38.2 Å². The molecule has 1 saturated heterocycles. The van der Waals surface area contributed by atoms with E-state index in [9.17, 15) is 0 Å². The quantitative estimate of drug-likeness (QED) is 0.326. The Kier molecular flexibility index (Phi) is 7.24. The maximum atomic E-state index is 5.02. The summed E-state index contributed by atoms with van der Waals surface area (Å²) < 4.78 is 0. The molecule has 4 nitrogen and oxygen atoms in total. The van der Waals surface area contributed by atoms with Crippen molar-refractivity contribution in [1.29, 1.82) is 0 Å². The van der Waals surface area contributed by atoms with E-state index in [-0.39, 0.29) is 24.0 Å². The second-order valence-electron chi connectivity index (χ2n) is 8.67. The fourth-order valence-corrected chi connectivity index (χ4v) is 6.15. The van der Waals surface area contributed by atoms with Crippen molar-refractivity contribution in [2.75, 3.05) is 31.1 Å². The van der Waals surface area contributed by atoms with Crippen molar-refractivity contribution in [2.24, 2.45) is 16.8 Å². The van der Waals surface area contributed by atoms with Gasteiger partial charge >= 0.3 is 0 Å². The first kappa shape index (κ1) is 21.9. The van der Waals surface area contributed by atoms with E-state index >= 15 is 0 Å². The lowest BCUT2D eigenvalue weighted by Gasteiger charge is -2.33. The number of nitrogens with one attached hydrogen (secondary N) is 2. The molecule has 1 aromatic carbocycles. The van der Waals surface area contributed by atoms with Crippen molar-refractivity contribution in [1.82, 2.24) is 10.6 Å². The molecule has 0 amide bonds. The van der Waals surface area contributed by atoms with Gasteiger partial charge in [0, 0.05) is 32.2 Å². The summed E-state index contributed by atoms with van der Waals surface area (Å²) >= 11 is 1.85. The molecule has 1 saturated carbocycles. The van der Waals surface area contributed by atoms with Crippen molar-refractivity contribution < 1.29 is 0 Å². The Morgan fingerprint density at radius 1 is 1.13 bits per heavy atom. The van der Waals surface area contributed by atoms with Crippen molar-refractivity contribution in [3.63, 3.8) is 0 Å². The maximum Gasteiger partial charge on any atom is 0.191 e. The van der Waals surface area contributed by atoms with Crippen molar-refractivity contribution >= 4 is 46.3 Å². The second-order valence-corrected chi connectivity index (χ2v) is 9.59. The first-order chi connectivity index (χ1) is 14.3. The molecule has 2 aromatic rings. The number of fused-ring (bicyclic) bond motifs is 3. The van der Waals surface area contributed by atoms with Crippen LogP contribution >= 0.6 is 35.3 Å². The number of anilines is 1. The Labute approximate surface area is 201 Å². The van der Waals surface area contributed by atoms with Gasteiger partial charge in [-0.25, -0.2) is 0 Å². The highest BCUT2D eigenvalue weighted by Gasteiger charge is 2.52. The summed E-state index contributed by atoms with van der Waals surface area (Å²) in [6, 6.07) is 14.0. The molecule has 2 N–H and O–H groups in total. The smallest absolute Gasteiger partial charge is 0.191 e. The van der Waals surface area contributed by atoms with Gasteiger partial charge in [-0.05, 0) is 79.0 Å². The average molecular weight is 537 g/mol. The Bertz CT molecular complexity index is 845. The Balaban J connectivity index is 0.00000218. The maximum absolute atomic E-state index is 5.02. The largest absolute Gasteiger partial charge is 0.363 e. The predicted octanol–water partition coefficient (Wildman–Crippen LogP) is 4.87. The third kappa shape index (κ3) is 4.64. The summed E-state index contributed by atoms with van der Waals surface area (Å²) in [5.74, 6) is 3.35. The first-order valence-corrected chi connectivity index (χ1v) is 12.1. The third-order valence-electron chi connectivity index (χ3n) is 6.95. The number of thiophene rings is 1. The van der Waals surface area contributed by atoms with Gasteiger partial charge in [0.1, 0.15) is 0 Å². The summed E-state index contributed by atoms with van der Waals surface area (Å²) in [7, 11) is 0. The number of aliphatic imine (C=N–C) groups is 1. The normalized spacial score (nSPS) is 25.7. The molecule has 3 atom stereocenters. The first-order valence-electron chi connectivity index (χ1n) is 11.2. The lowest BCUT2D eigenvalue weighted by atomic mass is 9.92. The van der Waals surface area contributed by atoms with Crippen LogP contribution in [0.4, 0.5) is 5.00 Å². The summed E-state index contributed by atoms with van der Waals surface area (Å²) in [5, 5.41) is 10.8. The van der Waals surface area contributed by atoms with E-state index in [2.05, 4.69) is 64.2 Å². The van der Waals surface area contributed by atoms with E-state index in [1.807, 2.05) is 11.3 Å². The minimum atomic E-state index is 0. The molecule has 6 heteroatoms. The zero-order valence-corrected chi connectivity index (χ0v) is 20.9. The molecule has 2 fully saturated rings. The standard InChI is InChI=1S/C24H32N4S.HI/c1-2-25-24(27-18-11-13-28(14-12-18)22-8-5-15-29-22)26-16-21-20-10-9-17-6-3-4-7-19(17)23(20)21;/h3-8,15,18,20-21,23H,2,9-14,16H2,1H3,(H2,25,26,27);1H. The van der Waals surface area contributed by atoms with Crippen LogP contribution in [0.3, 0.4) is 0 Å². The summed E-state index contributed by atoms with van der Waals surface area (Å²) in [5.41, 5.74) is 3.17. The van der Waals surface area contributed by atoms with Gasteiger partial charge in [0.05, 0.1) is 5.00 Å². The second kappa shape index (κ2) is 9.90. The van der Waals surface area contributed by atoms with Gasteiger partial charge in [0.2, 0.25) is 0 Å².